The summed E-state index contributed by atoms with van der Waals surface area (Å²) >= 11 is 0. The summed E-state index contributed by atoms with van der Waals surface area (Å²) in [5, 5.41) is 0. The third-order valence-corrected chi connectivity index (χ3v) is 5.45. The fraction of sp³-hybridized carbons (Fsp3) is 0.957. The molecule has 0 aromatic rings. The van der Waals surface area contributed by atoms with Gasteiger partial charge < -0.3 is 0 Å². The van der Waals surface area contributed by atoms with E-state index in [0.29, 0.717) is 0 Å². The molecule has 0 aromatic carbocycles. The Morgan fingerprint density at radius 3 is 1.17 bits per heavy atom. The van der Waals surface area contributed by atoms with Gasteiger partial charge in [0.05, 0.1) is 0 Å². The molecule has 0 aliphatic rings. The van der Waals surface area contributed by atoms with Crippen LogP contribution in [0.25, 0.3) is 0 Å². The molecule has 0 N–H and O–H groups in total. The van der Waals surface area contributed by atoms with E-state index in [1.165, 1.54) is 103 Å². The van der Waals surface area contributed by atoms with Crippen molar-refractivity contribution in [2.24, 2.45) is 11.8 Å². The highest BCUT2D eigenvalue weighted by atomic mass is 14.2. The average Bonchev–Trinajstić information content (AvgIpc) is 2.58. The lowest BCUT2D eigenvalue weighted by molar-refractivity contribution is 0.398. The molecule has 0 heterocycles. The lowest BCUT2D eigenvalue weighted by Gasteiger charge is -2.21. The van der Waals surface area contributed by atoms with Crippen molar-refractivity contribution in [1.29, 1.82) is 0 Å². The van der Waals surface area contributed by atoms with Crippen molar-refractivity contribution in [1.82, 2.24) is 0 Å². The minimum absolute atomic E-state index is 0.881. The highest BCUT2D eigenvalue weighted by molar-refractivity contribution is 4.82. The topological polar surface area (TPSA) is 0 Å². The molecule has 0 aliphatic carbocycles. The summed E-state index contributed by atoms with van der Waals surface area (Å²) in [6.07, 6.45) is 25.5. The zero-order valence-electron chi connectivity index (χ0n) is 17.0. The minimum atomic E-state index is 0.881. The van der Waals surface area contributed by atoms with Crippen molar-refractivity contribution in [3.63, 3.8) is 0 Å². The molecule has 0 amide bonds. The SMILES string of the molecule is CCCCCCCCC([CH]C(CC)CCCCCCCC)CC. The van der Waals surface area contributed by atoms with Crippen LogP contribution >= 0.6 is 0 Å². The van der Waals surface area contributed by atoms with E-state index in [-0.39, 0.29) is 0 Å². The van der Waals surface area contributed by atoms with E-state index >= 15 is 0 Å². The Bertz CT molecular complexity index is 186. The molecule has 2 unspecified atom stereocenters. The third kappa shape index (κ3) is 15.3. The Morgan fingerprint density at radius 1 is 0.478 bits per heavy atom. The van der Waals surface area contributed by atoms with Gasteiger partial charge in [-0.2, -0.15) is 0 Å². The van der Waals surface area contributed by atoms with Gasteiger partial charge in [-0.05, 0) is 18.3 Å². The summed E-state index contributed by atoms with van der Waals surface area (Å²) in [6, 6.07) is 0. The Kier molecular flexibility index (Phi) is 18.3. The third-order valence-electron chi connectivity index (χ3n) is 5.45. The van der Waals surface area contributed by atoms with E-state index in [4.69, 9.17) is 0 Å². The normalized spacial score (nSPS) is 14.1. The average molecular weight is 324 g/mol. The Morgan fingerprint density at radius 2 is 0.826 bits per heavy atom. The maximum atomic E-state index is 2.73. The highest BCUT2D eigenvalue weighted by Gasteiger charge is 2.14. The van der Waals surface area contributed by atoms with Crippen molar-refractivity contribution in [2.45, 2.75) is 130 Å². The smallest absolute Gasteiger partial charge is 0.0324 e. The van der Waals surface area contributed by atoms with Crippen LogP contribution in [0.2, 0.25) is 0 Å². The number of hydrogen-bond acceptors (Lipinski definition) is 0. The zero-order valence-corrected chi connectivity index (χ0v) is 17.0. The molecular weight excluding hydrogens is 276 g/mol. The van der Waals surface area contributed by atoms with Crippen molar-refractivity contribution in [3.05, 3.63) is 6.42 Å². The maximum absolute atomic E-state index is 2.73. The van der Waals surface area contributed by atoms with Gasteiger partial charge in [0.1, 0.15) is 0 Å². The summed E-state index contributed by atoms with van der Waals surface area (Å²) in [7, 11) is 0. The first-order valence-electron chi connectivity index (χ1n) is 11.1. The predicted octanol–water partition coefficient (Wildman–Crippen LogP) is 8.74. The van der Waals surface area contributed by atoms with Gasteiger partial charge in [-0.25, -0.2) is 0 Å². The van der Waals surface area contributed by atoms with Crippen molar-refractivity contribution >= 4 is 0 Å². The quantitative estimate of drug-likeness (QED) is 0.221. The minimum Gasteiger partial charge on any atom is -0.0654 e. The van der Waals surface area contributed by atoms with Gasteiger partial charge in [-0.15, -0.1) is 0 Å². The van der Waals surface area contributed by atoms with Crippen LogP contribution in [0.1, 0.15) is 130 Å². The Labute approximate surface area is 149 Å². The molecule has 0 bridgehead atoms. The molecule has 0 nitrogen and oxygen atoms in total. The van der Waals surface area contributed by atoms with E-state index < -0.39 is 0 Å². The molecule has 0 heteroatoms. The monoisotopic (exact) mass is 323 g/mol. The zero-order chi connectivity index (χ0) is 17.2. The molecule has 2 atom stereocenters. The van der Waals surface area contributed by atoms with E-state index in [2.05, 4.69) is 34.1 Å². The van der Waals surface area contributed by atoms with Gasteiger partial charge in [0, 0.05) is 0 Å². The highest BCUT2D eigenvalue weighted by Crippen LogP contribution is 2.26. The molecule has 0 rings (SSSR count). The van der Waals surface area contributed by atoms with Crippen LogP contribution < -0.4 is 0 Å². The van der Waals surface area contributed by atoms with Crippen LogP contribution in [0.15, 0.2) is 0 Å². The Balaban J connectivity index is 3.70. The van der Waals surface area contributed by atoms with Gasteiger partial charge in [-0.3, -0.25) is 0 Å². The standard InChI is InChI=1S/C23H47/c1-5-9-11-13-15-17-19-22(7-3)21-23(8-4)20-18-16-14-12-10-6-2/h21-23H,5-20H2,1-4H3. The summed E-state index contributed by atoms with van der Waals surface area (Å²) in [5.74, 6) is 1.76. The second-order valence-corrected chi connectivity index (χ2v) is 7.64. The maximum Gasteiger partial charge on any atom is -0.0324 e. The van der Waals surface area contributed by atoms with E-state index in [9.17, 15) is 0 Å². The van der Waals surface area contributed by atoms with Crippen molar-refractivity contribution in [2.75, 3.05) is 0 Å². The first-order chi connectivity index (χ1) is 11.3. The Hall–Kier alpha value is 0. The fourth-order valence-corrected chi connectivity index (χ4v) is 3.63. The van der Waals surface area contributed by atoms with Crippen LogP contribution in [-0.2, 0) is 0 Å². The van der Waals surface area contributed by atoms with Crippen molar-refractivity contribution in [3.8, 4) is 0 Å². The second-order valence-electron chi connectivity index (χ2n) is 7.64. The molecule has 0 fully saturated rings. The van der Waals surface area contributed by atoms with Gasteiger partial charge in [0.2, 0.25) is 0 Å². The van der Waals surface area contributed by atoms with Gasteiger partial charge in [0.25, 0.3) is 0 Å². The van der Waals surface area contributed by atoms with Crippen molar-refractivity contribution < 1.29 is 0 Å². The molecule has 0 aliphatic heterocycles. The number of rotatable bonds is 18. The molecule has 0 spiro atoms. The molecular formula is C23H47. The molecule has 1 radical (unpaired) electrons. The summed E-state index contributed by atoms with van der Waals surface area (Å²) in [5.41, 5.74) is 0. The lowest BCUT2D eigenvalue weighted by atomic mass is 9.84. The largest absolute Gasteiger partial charge is 0.0654 e. The molecule has 0 aromatic heterocycles. The summed E-state index contributed by atoms with van der Waals surface area (Å²) in [6.45, 7) is 9.37. The lowest BCUT2D eigenvalue weighted by Crippen LogP contribution is -2.09. The van der Waals surface area contributed by atoms with Gasteiger partial charge in [-0.1, -0.05) is 130 Å². The van der Waals surface area contributed by atoms with E-state index in [0.717, 1.165) is 11.8 Å². The first-order valence-corrected chi connectivity index (χ1v) is 11.1. The van der Waals surface area contributed by atoms with Crippen LogP contribution in [0.4, 0.5) is 0 Å². The fourth-order valence-electron chi connectivity index (χ4n) is 3.63. The summed E-state index contributed by atoms with van der Waals surface area (Å²) < 4.78 is 0. The molecule has 0 saturated heterocycles. The van der Waals surface area contributed by atoms with Gasteiger partial charge >= 0.3 is 0 Å². The molecule has 0 saturated carbocycles. The van der Waals surface area contributed by atoms with Gasteiger partial charge in [0.15, 0.2) is 0 Å². The van der Waals surface area contributed by atoms with Crippen LogP contribution in [-0.4, -0.2) is 0 Å². The van der Waals surface area contributed by atoms with Crippen LogP contribution in [0, 0.1) is 18.3 Å². The summed E-state index contributed by atoms with van der Waals surface area (Å²) in [4.78, 5) is 0. The number of hydrogen-bond donors (Lipinski definition) is 0. The second kappa shape index (κ2) is 18.3. The van der Waals surface area contributed by atoms with E-state index in [1.807, 2.05) is 0 Å². The molecule has 139 valence electrons. The first kappa shape index (κ1) is 23.0. The predicted molar refractivity (Wildman–Crippen MR) is 108 cm³/mol. The molecule has 23 heavy (non-hydrogen) atoms. The van der Waals surface area contributed by atoms with Crippen LogP contribution in [0.5, 0.6) is 0 Å². The van der Waals surface area contributed by atoms with Crippen LogP contribution in [0.3, 0.4) is 0 Å². The number of unbranched alkanes of at least 4 members (excludes halogenated alkanes) is 10. The van der Waals surface area contributed by atoms with E-state index in [1.54, 1.807) is 0 Å².